The van der Waals surface area contributed by atoms with E-state index in [9.17, 15) is 4.79 Å². The fourth-order valence-electron chi connectivity index (χ4n) is 2.23. The van der Waals surface area contributed by atoms with Crippen LogP contribution in [0.3, 0.4) is 0 Å². The summed E-state index contributed by atoms with van der Waals surface area (Å²) in [7, 11) is 0. The molecule has 0 aromatic heterocycles. The van der Waals surface area contributed by atoms with Gasteiger partial charge in [0.25, 0.3) is 0 Å². The molecule has 110 valence electrons. The summed E-state index contributed by atoms with van der Waals surface area (Å²) in [5, 5.41) is 2.67. The van der Waals surface area contributed by atoms with Gasteiger partial charge in [0.05, 0.1) is 6.61 Å². The summed E-state index contributed by atoms with van der Waals surface area (Å²) >= 11 is 0. The molecule has 0 saturated heterocycles. The molecule has 0 aliphatic carbocycles. The molecule has 0 aliphatic heterocycles. The average Bonchev–Trinajstić information content (AvgIpc) is 2.51. The maximum atomic E-state index is 11.4. The number of carbonyl (C=O) groups is 1. The van der Waals surface area contributed by atoms with Gasteiger partial charge in [-0.05, 0) is 30.2 Å². The summed E-state index contributed by atoms with van der Waals surface area (Å²) in [4.78, 5) is 11.4. The molecule has 0 radical (unpaired) electrons. The normalized spacial score (nSPS) is 11.7. The Morgan fingerprint density at radius 1 is 1.10 bits per heavy atom. The molecule has 3 N–H and O–H groups in total. The Morgan fingerprint density at radius 2 is 1.71 bits per heavy atom. The SMILES string of the molecule is CCOC(=O)Nc1ccc([C@H](CN)c2ccccc2)cc1. The van der Waals surface area contributed by atoms with E-state index >= 15 is 0 Å². The van der Waals surface area contributed by atoms with Crippen LogP contribution in [0.2, 0.25) is 0 Å². The van der Waals surface area contributed by atoms with Crippen LogP contribution in [-0.2, 0) is 4.74 Å². The smallest absolute Gasteiger partial charge is 0.411 e. The number of amides is 1. The second-order valence-electron chi connectivity index (χ2n) is 4.67. The van der Waals surface area contributed by atoms with Gasteiger partial charge in [-0.1, -0.05) is 42.5 Å². The van der Waals surface area contributed by atoms with Crippen LogP contribution in [0.1, 0.15) is 24.0 Å². The van der Waals surface area contributed by atoms with Crippen LogP contribution < -0.4 is 11.1 Å². The van der Waals surface area contributed by atoms with Gasteiger partial charge in [0.2, 0.25) is 0 Å². The molecule has 0 spiro atoms. The van der Waals surface area contributed by atoms with E-state index in [-0.39, 0.29) is 5.92 Å². The predicted molar refractivity (Wildman–Crippen MR) is 84.4 cm³/mol. The maximum absolute atomic E-state index is 11.4. The van der Waals surface area contributed by atoms with Crippen molar-refractivity contribution in [3.8, 4) is 0 Å². The van der Waals surface area contributed by atoms with Crippen molar-refractivity contribution in [2.75, 3.05) is 18.5 Å². The van der Waals surface area contributed by atoms with E-state index in [4.69, 9.17) is 10.5 Å². The zero-order valence-electron chi connectivity index (χ0n) is 12.1. The van der Waals surface area contributed by atoms with E-state index in [0.29, 0.717) is 18.8 Å². The van der Waals surface area contributed by atoms with Crippen molar-refractivity contribution >= 4 is 11.8 Å². The van der Waals surface area contributed by atoms with Crippen LogP contribution in [0.15, 0.2) is 54.6 Å². The number of carbonyl (C=O) groups excluding carboxylic acids is 1. The summed E-state index contributed by atoms with van der Waals surface area (Å²) in [5.41, 5.74) is 8.92. The highest BCUT2D eigenvalue weighted by Crippen LogP contribution is 2.24. The molecule has 1 amide bonds. The van der Waals surface area contributed by atoms with E-state index in [2.05, 4.69) is 17.4 Å². The molecule has 1 atom stereocenters. The van der Waals surface area contributed by atoms with Crippen LogP contribution in [0.4, 0.5) is 10.5 Å². The van der Waals surface area contributed by atoms with Gasteiger partial charge in [-0.25, -0.2) is 4.79 Å². The van der Waals surface area contributed by atoms with Crippen LogP contribution >= 0.6 is 0 Å². The number of nitrogens with two attached hydrogens (primary N) is 1. The second kappa shape index (κ2) is 7.45. The van der Waals surface area contributed by atoms with E-state index in [1.54, 1.807) is 6.92 Å². The second-order valence-corrected chi connectivity index (χ2v) is 4.67. The molecule has 4 nitrogen and oxygen atoms in total. The lowest BCUT2D eigenvalue weighted by Crippen LogP contribution is -2.15. The van der Waals surface area contributed by atoms with Gasteiger partial charge in [-0.2, -0.15) is 0 Å². The summed E-state index contributed by atoms with van der Waals surface area (Å²) < 4.78 is 4.84. The fourth-order valence-corrected chi connectivity index (χ4v) is 2.23. The fraction of sp³-hybridized carbons (Fsp3) is 0.235. The van der Waals surface area contributed by atoms with Crippen molar-refractivity contribution in [2.24, 2.45) is 5.73 Å². The Morgan fingerprint density at radius 3 is 2.29 bits per heavy atom. The number of anilines is 1. The lowest BCUT2D eigenvalue weighted by Gasteiger charge is -2.16. The van der Waals surface area contributed by atoms with Crippen molar-refractivity contribution in [3.05, 3.63) is 65.7 Å². The first-order chi connectivity index (χ1) is 10.2. The van der Waals surface area contributed by atoms with Gasteiger partial charge >= 0.3 is 6.09 Å². The van der Waals surface area contributed by atoms with E-state index in [0.717, 1.165) is 5.56 Å². The highest BCUT2D eigenvalue weighted by Gasteiger charge is 2.12. The van der Waals surface area contributed by atoms with E-state index in [1.807, 2.05) is 42.5 Å². The Labute approximate surface area is 124 Å². The number of ether oxygens (including phenoxy) is 1. The van der Waals surface area contributed by atoms with Crippen LogP contribution in [0, 0.1) is 0 Å². The van der Waals surface area contributed by atoms with Crippen LogP contribution in [0.25, 0.3) is 0 Å². The minimum absolute atomic E-state index is 0.155. The molecule has 2 rings (SSSR count). The topological polar surface area (TPSA) is 64.3 Å². The third-order valence-corrected chi connectivity index (χ3v) is 3.27. The third-order valence-electron chi connectivity index (χ3n) is 3.27. The quantitative estimate of drug-likeness (QED) is 0.885. The molecule has 21 heavy (non-hydrogen) atoms. The highest BCUT2D eigenvalue weighted by molar-refractivity contribution is 5.84. The number of hydrogen-bond donors (Lipinski definition) is 2. The zero-order chi connectivity index (χ0) is 15.1. The Balaban J connectivity index is 2.12. The first kappa shape index (κ1) is 15.1. The number of benzene rings is 2. The van der Waals surface area contributed by atoms with Gasteiger partial charge in [0.1, 0.15) is 0 Å². The molecular formula is C17H20N2O2. The van der Waals surface area contributed by atoms with Crippen molar-refractivity contribution < 1.29 is 9.53 Å². The third kappa shape index (κ3) is 4.07. The first-order valence-corrected chi connectivity index (χ1v) is 7.03. The van der Waals surface area contributed by atoms with Gasteiger partial charge in [0, 0.05) is 18.2 Å². The standard InChI is InChI=1S/C17H20N2O2/c1-2-21-17(20)19-15-10-8-14(9-11-15)16(12-18)13-6-4-3-5-7-13/h3-11,16H,2,12,18H2,1H3,(H,19,20)/t16-/m1/s1. The lowest BCUT2D eigenvalue weighted by atomic mass is 9.91. The van der Waals surface area contributed by atoms with Crippen LogP contribution in [0.5, 0.6) is 0 Å². The Bertz CT molecular complexity index is 567. The minimum Gasteiger partial charge on any atom is -0.450 e. The summed E-state index contributed by atoms with van der Waals surface area (Å²) in [6.07, 6.45) is -0.441. The number of hydrogen-bond acceptors (Lipinski definition) is 3. The minimum atomic E-state index is -0.441. The van der Waals surface area contributed by atoms with Gasteiger partial charge in [-0.3, -0.25) is 5.32 Å². The highest BCUT2D eigenvalue weighted by atomic mass is 16.5. The molecule has 0 unspecified atom stereocenters. The lowest BCUT2D eigenvalue weighted by molar-refractivity contribution is 0.168. The molecule has 0 aliphatic rings. The number of rotatable bonds is 5. The Hall–Kier alpha value is -2.33. The monoisotopic (exact) mass is 284 g/mol. The molecule has 0 heterocycles. The van der Waals surface area contributed by atoms with Gasteiger partial charge < -0.3 is 10.5 Å². The van der Waals surface area contributed by atoms with E-state index < -0.39 is 6.09 Å². The summed E-state index contributed by atoms with van der Waals surface area (Å²) in [5.74, 6) is 0.155. The molecular weight excluding hydrogens is 264 g/mol. The first-order valence-electron chi connectivity index (χ1n) is 7.03. The number of nitrogens with one attached hydrogen (secondary N) is 1. The summed E-state index contributed by atoms with van der Waals surface area (Å²) in [6.45, 7) is 2.66. The van der Waals surface area contributed by atoms with Crippen molar-refractivity contribution in [1.29, 1.82) is 0 Å². The molecule has 2 aromatic rings. The summed E-state index contributed by atoms with van der Waals surface area (Å²) in [6, 6.07) is 17.8. The van der Waals surface area contributed by atoms with Crippen molar-refractivity contribution in [2.45, 2.75) is 12.8 Å². The van der Waals surface area contributed by atoms with Gasteiger partial charge in [-0.15, -0.1) is 0 Å². The zero-order valence-corrected chi connectivity index (χ0v) is 12.1. The largest absolute Gasteiger partial charge is 0.450 e. The van der Waals surface area contributed by atoms with Crippen molar-refractivity contribution in [3.63, 3.8) is 0 Å². The molecule has 2 aromatic carbocycles. The van der Waals surface area contributed by atoms with E-state index in [1.165, 1.54) is 5.56 Å². The van der Waals surface area contributed by atoms with Crippen molar-refractivity contribution in [1.82, 2.24) is 0 Å². The molecule has 0 saturated carbocycles. The molecule has 4 heteroatoms. The Kier molecular flexibility index (Phi) is 5.35. The van der Waals surface area contributed by atoms with Crippen LogP contribution in [-0.4, -0.2) is 19.2 Å². The predicted octanol–water partition coefficient (Wildman–Crippen LogP) is 3.35. The molecule has 0 bridgehead atoms. The maximum Gasteiger partial charge on any atom is 0.411 e. The molecule has 0 fully saturated rings. The average molecular weight is 284 g/mol. The van der Waals surface area contributed by atoms with Gasteiger partial charge in [0.15, 0.2) is 0 Å².